The van der Waals surface area contributed by atoms with Gasteiger partial charge in [-0.25, -0.2) is 23.4 Å². The topological polar surface area (TPSA) is 107 Å². The average Bonchev–Trinajstić information content (AvgIpc) is 2.95. The summed E-state index contributed by atoms with van der Waals surface area (Å²) in [5.41, 5.74) is 6.91. The van der Waals surface area contributed by atoms with E-state index in [-0.39, 0.29) is 24.1 Å². The molecule has 1 aliphatic rings. The van der Waals surface area contributed by atoms with Crippen LogP contribution in [0.4, 0.5) is 5.95 Å². The lowest BCUT2D eigenvalue weighted by Crippen LogP contribution is -2.26. The molecule has 0 aromatic carbocycles. The minimum absolute atomic E-state index is 0.0312. The zero-order valence-electron chi connectivity index (χ0n) is 10.2. The Labute approximate surface area is 110 Å². The molecule has 3 rings (SSSR count). The van der Waals surface area contributed by atoms with E-state index in [2.05, 4.69) is 15.0 Å². The quantitative estimate of drug-likeness (QED) is 0.794. The van der Waals surface area contributed by atoms with Crippen LogP contribution in [0, 0.1) is 0 Å². The second-order valence-electron chi connectivity index (χ2n) is 4.35. The van der Waals surface area contributed by atoms with Crippen molar-refractivity contribution in [1.82, 2.24) is 23.8 Å². The highest BCUT2D eigenvalue weighted by molar-refractivity contribution is 7.89. The van der Waals surface area contributed by atoms with Crippen molar-refractivity contribution < 1.29 is 8.42 Å². The standard InChI is InChI=1S/C10H12N6O2S/c1-15-5-9(13-6-15)19(17,18)16-3-7-2-12-10(11)14-8(7)4-16/h2,5-6H,3-4H2,1H3,(H2,11,12,14). The van der Waals surface area contributed by atoms with Gasteiger partial charge in [-0.2, -0.15) is 4.31 Å². The SMILES string of the molecule is Cn1cnc(S(=O)(=O)N2Cc3cnc(N)nc3C2)c1. The van der Waals surface area contributed by atoms with Crippen molar-refractivity contribution in [2.75, 3.05) is 5.73 Å². The number of nitrogens with two attached hydrogens (primary N) is 1. The fourth-order valence-electron chi connectivity index (χ4n) is 1.96. The molecular weight excluding hydrogens is 268 g/mol. The summed E-state index contributed by atoms with van der Waals surface area (Å²) in [5, 5.41) is 0.0312. The Kier molecular flexibility index (Phi) is 2.54. The Morgan fingerprint density at radius 2 is 2.11 bits per heavy atom. The molecule has 0 bridgehead atoms. The van der Waals surface area contributed by atoms with Crippen LogP contribution in [-0.2, 0) is 30.2 Å². The van der Waals surface area contributed by atoms with E-state index in [9.17, 15) is 8.42 Å². The normalized spacial score (nSPS) is 15.6. The third-order valence-electron chi connectivity index (χ3n) is 2.93. The van der Waals surface area contributed by atoms with Crippen LogP contribution in [0.5, 0.6) is 0 Å². The van der Waals surface area contributed by atoms with Crippen LogP contribution < -0.4 is 5.73 Å². The molecule has 0 amide bonds. The van der Waals surface area contributed by atoms with E-state index in [4.69, 9.17) is 5.73 Å². The number of nitrogens with zero attached hydrogens (tertiary/aromatic N) is 5. The van der Waals surface area contributed by atoms with Crippen molar-refractivity contribution in [1.29, 1.82) is 0 Å². The number of aromatic nitrogens is 4. The summed E-state index contributed by atoms with van der Waals surface area (Å²) in [6, 6.07) is 0. The molecule has 0 spiro atoms. The van der Waals surface area contributed by atoms with Gasteiger partial charge in [-0.05, 0) is 0 Å². The summed E-state index contributed by atoms with van der Waals surface area (Å²) in [5.74, 6) is 0.149. The minimum atomic E-state index is -3.61. The first-order chi connectivity index (χ1) is 8.96. The van der Waals surface area contributed by atoms with Crippen LogP contribution in [0.1, 0.15) is 11.3 Å². The van der Waals surface area contributed by atoms with Crippen LogP contribution >= 0.6 is 0 Å². The van der Waals surface area contributed by atoms with Crippen LogP contribution in [0.15, 0.2) is 23.7 Å². The summed E-state index contributed by atoms with van der Waals surface area (Å²) < 4.78 is 27.6. The predicted octanol–water partition coefficient (Wildman–Crippen LogP) is -0.503. The zero-order valence-corrected chi connectivity index (χ0v) is 11.0. The second kappa shape index (κ2) is 4.00. The van der Waals surface area contributed by atoms with Gasteiger partial charge < -0.3 is 10.3 Å². The summed E-state index contributed by atoms with van der Waals surface area (Å²) in [6.45, 7) is 0.440. The van der Waals surface area contributed by atoms with E-state index in [1.165, 1.54) is 16.8 Å². The number of hydrogen-bond acceptors (Lipinski definition) is 6. The molecule has 8 nitrogen and oxygen atoms in total. The number of sulfonamides is 1. The van der Waals surface area contributed by atoms with Crippen molar-refractivity contribution in [2.45, 2.75) is 18.1 Å². The van der Waals surface area contributed by atoms with Gasteiger partial charge in [0.2, 0.25) is 5.95 Å². The van der Waals surface area contributed by atoms with Gasteiger partial charge in [0.25, 0.3) is 10.0 Å². The summed E-state index contributed by atoms with van der Waals surface area (Å²) >= 11 is 0. The lowest BCUT2D eigenvalue weighted by molar-refractivity contribution is 0.427. The molecule has 1 aliphatic heterocycles. The minimum Gasteiger partial charge on any atom is -0.368 e. The van der Waals surface area contributed by atoms with Crippen molar-refractivity contribution >= 4 is 16.0 Å². The van der Waals surface area contributed by atoms with Gasteiger partial charge in [0.05, 0.1) is 18.6 Å². The average molecular weight is 280 g/mol. The molecule has 100 valence electrons. The summed E-state index contributed by atoms with van der Waals surface area (Å²) in [6.07, 6.45) is 4.48. The number of fused-ring (bicyclic) bond motifs is 1. The number of rotatable bonds is 2. The molecular formula is C10H12N6O2S. The fourth-order valence-corrected chi connectivity index (χ4v) is 3.31. The monoisotopic (exact) mass is 280 g/mol. The maximum atomic E-state index is 12.4. The highest BCUT2D eigenvalue weighted by Gasteiger charge is 2.33. The molecule has 2 N–H and O–H groups in total. The van der Waals surface area contributed by atoms with Crippen LogP contribution in [-0.4, -0.2) is 32.2 Å². The molecule has 19 heavy (non-hydrogen) atoms. The smallest absolute Gasteiger partial charge is 0.262 e. The Morgan fingerprint density at radius 1 is 1.32 bits per heavy atom. The van der Waals surface area contributed by atoms with Gasteiger partial charge in [-0.15, -0.1) is 0 Å². The number of hydrogen-bond donors (Lipinski definition) is 1. The summed E-state index contributed by atoms with van der Waals surface area (Å²) in [4.78, 5) is 11.8. The van der Waals surface area contributed by atoms with Gasteiger partial charge in [0.1, 0.15) is 0 Å². The maximum Gasteiger partial charge on any atom is 0.262 e. The van der Waals surface area contributed by atoms with Gasteiger partial charge in [0.15, 0.2) is 5.03 Å². The number of aryl methyl sites for hydroxylation is 1. The third-order valence-corrected chi connectivity index (χ3v) is 4.61. The Hall–Kier alpha value is -2.00. The first-order valence-corrected chi connectivity index (χ1v) is 6.99. The molecule has 2 aromatic rings. The molecule has 0 atom stereocenters. The Morgan fingerprint density at radius 3 is 2.79 bits per heavy atom. The maximum absolute atomic E-state index is 12.4. The highest BCUT2D eigenvalue weighted by atomic mass is 32.2. The van der Waals surface area contributed by atoms with Gasteiger partial charge >= 0.3 is 0 Å². The molecule has 0 saturated heterocycles. The Bertz CT molecular complexity index is 738. The molecule has 0 saturated carbocycles. The van der Waals surface area contributed by atoms with E-state index in [1.807, 2.05) is 0 Å². The van der Waals surface area contributed by atoms with E-state index < -0.39 is 10.0 Å². The first kappa shape index (κ1) is 12.1. The molecule has 0 fully saturated rings. The lowest BCUT2D eigenvalue weighted by atomic mass is 10.3. The molecule has 0 aliphatic carbocycles. The van der Waals surface area contributed by atoms with E-state index in [0.29, 0.717) is 5.69 Å². The third kappa shape index (κ3) is 1.96. The fraction of sp³-hybridized carbons (Fsp3) is 0.300. The highest BCUT2D eigenvalue weighted by Crippen LogP contribution is 2.26. The summed E-state index contributed by atoms with van der Waals surface area (Å²) in [7, 11) is -1.89. The van der Waals surface area contributed by atoms with Crippen molar-refractivity contribution in [3.8, 4) is 0 Å². The van der Waals surface area contributed by atoms with E-state index in [0.717, 1.165) is 5.56 Å². The second-order valence-corrected chi connectivity index (χ2v) is 6.24. The van der Waals surface area contributed by atoms with Crippen LogP contribution in [0.3, 0.4) is 0 Å². The van der Waals surface area contributed by atoms with Crippen molar-refractivity contribution in [2.24, 2.45) is 7.05 Å². The predicted molar refractivity (Wildman–Crippen MR) is 66.1 cm³/mol. The number of nitrogen functional groups attached to an aromatic ring is 1. The molecule has 3 heterocycles. The molecule has 2 aromatic heterocycles. The van der Waals surface area contributed by atoms with E-state index in [1.54, 1.807) is 17.8 Å². The first-order valence-electron chi connectivity index (χ1n) is 5.55. The molecule has 9 heteroatoms. The van der Waals surface area contributed by atoms with Crippen LogP contribution in [0.25, 0.3) is 0 Å². The van der Waals surface area contributed by atoms with Crippen molar-refractivity contribution in [3.05, 3.63) is 30.0 Å². The van der Waals surface area contributed by atoms with Gasteiger partial charge in [0, 0.05) is 31.5 Å². The van der Waals surface area contributed by atoms with Gasteiger partial charge in [-0.1, -0.05) is 0 Å². The number of imidazole rings is 1. The lowest BCUT2D eigenvalue weighted by Gasteiger charge is -2.12. The Balaban J connectivity index is 1.94. The van der Waals surface area contributed by atoms with E-state index >= 15 is 0 Å². The molecule has 0 unspecified atom stereocenters. The van der Waals surface area contributed by atoms with Crippen LogP contribution in [0.2, 0.25) is 0 Å². The zero-order chi connectivity index (χ0) is 13.6. The number of anilines is 1. The van der Waals surface area contributed by atoms with Crippen molar-refractivity contribution in [3.63, 3.8) is 0 Å². The van der Waals surface area contributed by atoms with Gasteiger partial charge in [-0.3, -0.25) is 0 Å². The molecule has 0 radical (unpaired) electrons. The largest absolute Gasteiger partial charge is 0.368 e.